The molecular formula is C18H23N5O2. The molecule has 0 saturated carbocycles. The molecule has 0 fully saturated rings. The van der Waals surface area contributed by atoms with Gasteiger partial charge in [0.05, 0.1) is 24.7 Å². The van der Waals surface area contributed by atoms with Gasteiger partial charge in [0.15, 0.2) is 5.65 Å². The maximum absolute atomic E-state index is 5.72. The largest absolute Gasteiger partial charge is 0.497 e. The SMILES string of the molecule is COc1ccc([C@H](OC)[C@@H](C)Nc2nc(C)nc3c2cnn3C)cc1. The molecule has 0 aliphatic rings. The molecule has 1 aromatic carbocycles. The van der Waals surface area contributed by atoms with Crippen molar-refractivity contribution in [1.29, 1.82) is 0 Å². The molecule has 3 rings (SSSR count). The highest BCUT2D eigenvalue weighted by Crippen LogP contribution is 2.27. The third kappa shape index (κ3) is 3.41. The Labute approximate surface area is 147 Å². The summed E-state index contributed by atoms with van der Waals surface area (Å²) in [5, 5.41) is 8.63. The van der Waals surface area contributed by atoms with E-state index in [2.05, 4.69) is 27.3 Å². The second-order valence-electron chi connectivity index (χ2n) is 5.99. The summed E-state index contributed by atoms with van der Waals surface area (Å²) in [6, 6.07) is 7.88. The van der Waals surface area contributed by atoms with Crippen molar-refractivity contribution in [2.45, 2.75) is 26.0 Å². The molecule has 1 N–H and O–H groups in total. The summed E-state index contributed by atoms with van der Waals surface area (Å²) in [6.45, 7) is 3.94. The fourth-order valence-corrected chi connectivity index (χ4v) is 2.95. The molecule has 132 valence electrons. The first-order chi connectivity index (χ1) is 12.0. The molecule has 0 spiro atoms. The highest BCUT2D eigenvalue weighted by atomic mass is 16.5. The predicted molar refractivity (Wildman–Crippen MR) is 96.9 cm³/mol. The maximum atomic E-state index is 5.72. The van der Waals surface area contributed by atoms with E-state index in [1.165, 1.54) is 0 Å². The van der Waals surface area contributed by atoms with Crippen molar-refractivity contribution >= 4 is 16.9 Å². The van der Waals surface area contributed by atoms with Crippen LogP contribution in [0.1, 0.15) is 24.4 Å². The van der Waals surface area contributed by atoms with E-state index in [0.29, 0.717) is 5.82 Å². The third-order valence-corrected chi connectivity index (χ3v) is 4.22. The van der Waals surface area contributed by atoms with Gasteiger partial charge >= 0.3 is 0 Å². The highest BCUT2D eigenvalue weighted by Gasteiger charge is 2.21. The van der Waals surface area contributed by atoms with E-state index in [-0.39, 0.29) is 12.1 Å². The van der Waals surface area contributed by atoms with Crippen molar-refractivity contribution in [2.24, 2.45) is 7.05 Å². The molecule has 25 heavy (non-hydrogen) atoms. The Bertz CT molecular complexity index is 860. The van der Waals surface area contributed by atoms with Gasteiger partial charge in [-0.25, -0.2) is 9.97 Å². The smallest absolute Gasteiger partial charge is 0.163 e. The topological polar surface area (TPSA) is 74.1 Å². The lowest BCUT2D eigenvalue weighted by molar-refractivity contribution is 0.0906. The van der Waals surface area contributed by atoms with Gasteiger partial charge in [-0.2, -0.15) is 5.10 Å². The van der Waals surface area contributed by atoms with Gasteiger partial charge in [-0.05, 0) is 31.5 Å². The van der Waals surface area contributed by atoms with Crippen LogP contribution < -0.4 is 10.1 Å². The third-order valence-electron chi connectivity index (χ3n) is 4.22. The fourth-order valence-electron chi connectivity index (χ4n) is 2.95. The normalized spacial score (nSPS) is 13.6. The van der Waals surface area contributed by atoms with E-state index in [1.54, 1.807) is 25.1 Å². The molecule has 0 saturated heterocycles. The number of aryl methyl sites for hydroxylation is 2. The van der Waals surface area contributed by atoms with Gasteiger partial charge in [0.2, 0.25) is 0 Å². The molecule has 0 radical (unpaired) electrons. The zero-order chi connectivity index (χ0) is 18.0. The lowest BCUT2D eigenvalue weighted by atomic mass is 10.0. The average molecular weight is 341 g/mol. The van der Waals surface area contributed by atoms with Gasteiger partial charge in [0.25, 0.3) is 0 Å². The molecule has 7 nitrogen and oxygen atoms in total. The second-order valence-corrected chi connectivity index (χ2v) is 5.99. The van der Waals surface area contributed by atoms with Crippen molar-refractivity contribution in [2.75, 3.05) is 19.5 Å². The number of ether oxygens (including phenoxy) is 2. The first-order valence-corrected chi connectivity index (χ1v) is 8.13. The molecule has 2 aromatic heterocycles. The summed E-state index contributed by atoms with van der Waals surface area (Å²) in [6.07, 6.45) is 1.65. The minimum atomic E-state index is -0.132. The number of rotatable bonds is 6. The van der Waals surface area contributed by atoms with Crippen LogP contribution in [0.25, 0.3) is 11.0 Å². The number of hydrogen-bond donors (Lipinski definition) is 1. The number of benzene rings is 1. The average Bonchev–Trinajstić information content (AvgIpc) is 2.97. The van der Waals surface area contributed by atoms with Crippen LogP contribution in [0.4, 0.5) is 5.82 Å². The molecule has 0 bridgehead atoms. The zero-order valence-corrected chi connectivity index (χ0v) is 15.1. The first-order valence-electron chi connectivity index (χ1n) is 8.13. The Morgan fingerprint density at radius 3 is 2.48 bits per heavy atom. The lowest BCUT2D eigenvalue weighted by Gasteiger charge is -2.25. The molecule has 0 aliphatic carbocycles. The predicted octanol–water partition coefficient (Wildman–Crippen LogP) is 2.87. The van der Waals surface area contributed by atoms with Crippen LogP contribution in [0.15, 0.2) is 30.5 Å². The van der Waals surface area contributed by atoms with E-state index < -0.39 is 0 Å². The van der Waals surface area contributed by atoms with E-state index in [9.17, 15) is 0 Å². The second kappa shape index (κ2) is 7.06. The van der Waals surface area contributed by atoms with E-state index in [4.69, 9.17) is 9.47 Å². The minimum Gasteiger partial charge on any atom is -0.497 e. The van der Waals surface area contributed by atoms with E-state index in [0.717, 1.165) is 28.2 Å². The fraction of sp³-hybridized carbons (Fsp3) is 0.389. The number of anilines is 1. The monoisotopic (exact) mass is 341 g/mol. The number of hydrogen-bond acceptors (Lipinski definition) is 6. The van der Waals surface area contributed by atoms with Crippen LogP contribution >= 0.6 is 0 Å². The zero-order valence-electron chi connectivity index (χ0n) is 15.1. The summed E-state index contributed by atoms with van der Waals surface area (Å²) < 4.78 is 12.7. The Morgan fingerprint density at radius 1 is 1.12 bits per heavy atom. The maximum Gasteiger partial charge on any atom is 0.163 e. The van der Waals surface area contributed by atoms with Gasteiger partial charge in [-0.3, -0.25) is 4.68 Å². The quantitative estimate of drug-likeness (QED) is 0.743. The number of nitrogens with one attached hydrogen (secondary N) is 1. The van der Waals surface area contributed by atoms with Gasteiger partial charge in [-0.15, -0.1) is 0 Å². The minimum absolute atomic E-state index is 0.00361. The lowest BCUT2D eigenvalue weighted by Crippen LogP contribution is -2.26. The summed E-state index contributed by atoms with van der Waals surface area (Å²) in [7, 11) is 5.23. The number of methoxy groups -OCH3 is 2. The standard InChI is InChI=1S/C18H23N5O2/c1-11(16(25-5)13-6-8-14(24-4)9-7-13)20-17-15-10-19-23(3)18(15)22-12(2)21-17/h6-11,16H,1-5H3,(H,20,21,22)/t11-,16-/m1/s1. The van der Waals surface area contributed by atoms with Gasteiger partial charge in [0.1, 0.15) is 23.5 Å². The summed E-state index contributed by atoms with van der Waals surface area (Å²) >= 11 is 0. The van der Waals surface area contributed by atoms with Crippen molar-refractivity contribution < 1.29 is 9.47 Å². The number of nitrogens with zero attached hydrogens (tertiary/aromatic N) is 4. The van der Waals surface area contributed by atoms with Gasteiger partial charge in [-0.1, -0.05) is 12.1 Å². The molecule has 0 unspecified atom stereocenters. The van der Waals surface area contributed by atoms with Crippen LogP contribution in [0.3, 0.4) is 0 Å². The van der Waals surface area contributed by atoms with E-state index >= 15 is 0 Å². The molecule has 0 aliphatic heterocycles. The summed E-state index contributed by atoms with van der Waals surface area (Å²) in [5.74, 6) is 2.28. The van der Waals surface area contributed by atoms with Crippen molar-refractivity contribution in [3.8, 4) is 5.75 Å². The summed E-state index contributed by atoms with van der Waals surface area (Å²) in [5.41, 5.74) is 1.87. The summed E-state index contributed by atoms with van der Waals surface area (Å²) in [4.78, 5) is 8.99. The van der Waals surface area contributed by atoms with Crippen LogP contribution in [0.5, 0.6) is 5.75 Å². The van der Waals surface area contributed by atoms with Gasteiger partial charge < -0.3 is 14.8 Å². The molecule has 2 heterocycles. The number of aromatic nitrogens is 4. The van der Waals surface area contributed by atoms with Gasteiger partial charge in [0, 0.05) is 14.2 Å². The Balaban J connectivity index is 1.88. The Hall–Kier alpha value is -2.67. The van der Waals surface area contributed by atoms with Crippen molar-refractivity contribution in [3.05, 3.63) is 41.9 Å². The van der Waals surface area contributed by atoms with Crippen molar-refractivity contribution in [3.63, 3.8) is 0 Å². The molecular weight excluding hydrogens is 318 g/mol. The van der Waals surface area contributed by atoms with E-state index in [1.807, 2.05) is 38.2 Å². The first kappa shape index (κ1) is 17.2. The molecule has 7 heteroatoms. The van der Waals surface area contributed by atoms with Crippen molar-refractivity contribution in [1.82, 2.24) is 19.7 Å². The molecule has 3 aromatic rings. The van der Waals surface area contributed by atoms with Crippen LogP contribution in [-0.2, 0) is 11.8 Å². The molecule has 2 atom stereocenters. The highest BCUT2D eigenvalue weighted by molar-refractivity contribution is 5.86. The van der Waals surface area contributed by atoms with Crippen LogP contribution in [0.2, 0.25) is 0 Å². The Morgan fingerprint density at radius 2 is 1.84 bits per heavy atom. The Kier molecular flexibility index (Phi) is 4.85. The molecule has 0 amide bonds. The van der Waals surface area contributed by atoms with Crippen LogP contribution in [0, 0.1) is 6.92 Å². The van der Waals surface area contributed by atoms with Crippen LogP contribution in [-0.4, -0.2) is 40.0 Å². The number of fused-ring (bicyclic) bond motifs is 1.